The van der Waals surface area contributed by atoms with Gasteiger partial charge in [-0.3, -0.25) is 4.79 Å². The second-order valence-corrected chi connectivity index (χ2v) is 4.77. The van der Waals surface area contributed by atoms with E-state index < -0.39 is 6.10 Å². The number of hydrogen-bond donors (Lipinski definition) is 2. The summed E-state index contributed by atoms with van der Waals surface area (Å²) in [5.41, 5.74) is 0. The van der Waals surface area contributed by atoms with Crippen LogP contribution in [-0.2, 0) is 4.79 Å². The summed E-state index contributed by atoms with van der Waals surface area (Å²) in [6, 6.07) is 6.98. The number of rotatable bonds is 7. The van der Waals surface area contributed by atoms with Gasteiger partial charge >= 0.3 is 0 Å². The molecule has 0 saturated heterocycles. The Labute approximate surface area is 118 Å². The molecule has 0 radical (unpaired) electrons. The summed E-state index contributed by atoms with van der Waals surface area (Å²) in [4.78, 5) is 12.0. The Kier molecular flexibility index (Phi) is 6.67. The molecule has 1 amide bonds. The number of benzene rings is 1. The van der Waals surface area contributed by atoms with Crippen molar-refractivity contribution in [2.24, 2.45) is 0 Å². The van der Waals surface area contributed by atoms with Crippen molar-refractivity contribution in [1.29, 1.82) is 0 Å². The molecule has 0 aliphatic rings. The number of aliphatic hydroxyl groups excluding tert-OH is 1. The summed E-state index contributed by atoms with van der Waals surface area (Å²) in [5, 5.41) is 12.1. The number of para-hydroxylation sites is 1. The van der Waals surface area contributed by atoms with Crippen LogP contribution in [0.4, 0.5) is 0 Å². The molecule has 106 valence electrons. The van der Waals surface area contributed by atoms with Crippen LogP contribution in [-0.4, -0.2) is 29.8 Å². The molecule has 0 aromatic heterocycles. The van der Waals surface area contributed by atoms with Gasteiger partial charge in [0.15, 0.2) is 6.10 Å². The van der Waals surface area contributed by atoms with Crippen LogP contribution in [0.1, 0.15) is 26.7 Å². The molecule has 2 atom stereocenters. The highest BCUT2D eigenvalue weighted by atomic mass is 35.5. The SMILES string of the molecule is CCC(Oc1ccccc1Cl)C(=O)NC(C)CCO. The van der Waals surface area contributed by atoms with Gasteiger partial charge in [0.05, 0.1) is 5.02 Å². The lowest BCUT2D eigenvalue weighted by molar-refractivity contribution is -0.128. The van der Waals surface area contributed by atoms with Gasteiger partial charge in [-0.2, -0.15) is 0 Å². The fraction of sp³-hybridized carbons (Fsp3) is 0.500. The maximum absolute atomic E-state index is 12.0. The molecule has 0 aliphatic heterocycles. The molecule has 0 aliphatic carbocycles. The lowest BCUT2D eigenvalue weighted by atomic mass is 10.2. The fourth-order valence-electron chi connectivity index (χ4n) is 1.62. The summed E-state index contributed by atoms with van der Waals surface area (Å²) in [5.74, 6) is 0.310. The Hall–Kier alpha value is -1.26. The number of halogens is 1. The first-order valence-electron chi connectivity index (χ1n) is 6.40. The van der Waals surface area contributed by atoms with Crippen LogP contribution in [0.5, 0.6) is 5.75 Å². The zero-order valence-electron chi connectivity index (χ0n) is 11.2. The van der Waals surface area contributed by atoms with E-state index in [1.807, 2.05) is 13.8 Å². The molecule has 2 unspecified atom stereocenters. The van der Waals surface area contributed by atoms with E-state index >= 15 is 0 Å². The van der Waals surface area contributed by atoms with Gasteiger partial charge in [-0.05, 0) is 31.9 Å². The van der Waals surface area contributed by atoms with E-state index in [-0.39, 0.29) is 18.6 Å². The lowest BCUT2D eigenvalue weighted by Gasteiger charge is -2.20. The fourth-order valence-corrected chi connectivity index (χ4v) is 1.80. The van der Waals surface area contributed by atoms with Crippen molar-refractivity contribution >= 4 is 17.5 Å². The molecule has 19 heavy (non-hydrogen) atoms. The molecule has 1 aromatic carbocycles. The molecular formula is C14H20ClNO3. The van der Waals surface area contributed by atoms with E-state index in [0.717, 1.165) is 0 Å². The minimum Gasteiger partial charge on any atom is -0.479 e. The minimum absolute atomic E-state index is 0.0452. The van der Waals surface area contributed by atoms with Crippen LogP contribution in [0, 0.1) is 0 Å². The third kappa shape index (κ3) is 5.09. The van der Waals surface area contributed by atoms with Crippen molar-refractivity contribution in [2.45, 2.75) is 38.8 Å². The number of ether oxygens (including phenoxy) is 1. The summed E-state index contributed by atoms with van der Waals surface area (Å²) in [6.07, 6.45) is 0.484. The highest BCUT2D eigenvalue weighted by Crippen LogP contribution is 2.24. The van der Waals surface area contributed by atoms with Crippen molar-refractivity contribution in [1.82, 2.24) is 5.32 Å². The van der Waals surface area contributed by atoms with Crippen molar-refractivity contribution in [2.75, 3.05) is 6.61 Å². The maximum atomic E-state index is 12.0. The van der Waals surface area contributed by atoms with Crippen LogP contribution in [0.25, 0.3) is 0 Å². The molecule has 4 nitrogen and oxygen atoms in total. The quantitative estimate of drug-likeness (QED) is 0.809. The average Bonchev–Trinajstić information content (AvgIpc) is 2.37. The van der Waals surface area contributed by atoms with Crippen molar-refractivity contribution in [3.63, 3.8) is 0 Å². The van der Waals surface area contributed by atoms with Gasteiger partial charge in [-0.15, -0.1) is 0 Å². The highest BCUT2D eigenvalue weighted by molar-refractivity contribution is 6.32. The molecule has 0 heterocycles. The molecule has 2 N–H and O–H groups in total. The number of aliphatic hydroxyl groups is 1. The normalized spacial score (nSPS) is 13.7. The molecule has 0 saturated carbocycles. The maximum Gasteiger partial charge on any atom is 0.261 e. The van der Waals surface area contributed by atoms with Crippen LogP contribution in [0.3, 0.4) is 0 Å². The Morgan fingerprint density at radius 1 is 1.47 bits per heavy atom. The van der Waals surface area contributed by atoms with Crippen LogP contribution in [0.15, 0.2) is 24.3 Å². The molecule has 1 aromatic rings. The Bertz CT molecular complexity index is 411. The second-order valence-electron chi connectivity index (χ2n) is 4.37. The summed E-state index contributed by atoms with van der Waals surface area (Å²) in [6.45, 7) is 3.76. The van der Waals surface area contributed by atoms with Gasteiger partial charge in [0.25, 0.3) is 5.91 Å². The first-order chi connectivity index (χ1) is 9.08. The Balaban J connectivity index is 2.63. The summed E-state index contributed by atoms with van der Waals surface area (Å²) in [7, 11) is 0. The molecule has 1 rings (SSSR count). The van der Waals surface area contributed by atoms with Gasteiger partial charge in [0.1, 0.15) is 5.75 Å². The van der Waals surface area contributed by atoms with E-state index in [1.54, 1.807) is 24.3 Å². The Morgan fingerprint density at radius 2 is 2.16 bits per heavy atom. The second kappa shape index (κ2) is 8.02. The predicted molar refractivity (Wildman–Crippen MR) is 75.5 cm³/mol. The van der Waals surface area contributed by atoms with Gasteiger partial charge in [-0.25, -0.2) is 0 Å². The van der Waals surface area contributed by atoms with Gasteiger partial charge < -0.3 is 15.2 Å². The lowest BCUT2D eigenvalue weighted by Crippen LogP contribution is -2.42. The van der Waals surface area contributed by atoms with Crippen molar-refractivity contribution in [3.05, 3.63) is 29.3 Å². The van der Waals surface area contributed by atoms with E-state index in [4.69, 9.17) is 21.4 Å². The third-order valence-electron chi connectivity index (χ3n) is 2.72. The monoisotopic (exact) mass is 285 g/mol. The first-order valence-corrected chi connectivity index (χ1v) is 6.78. The summed E-state index contributed by atoms with van der Waals surface area (Å²) >= 11 is 6.00. The largest absolute Gasteiger partial charge is 0.479 e. The van der Waals surface area contributed by atoms with Crippen molar-refractivity contribution in [3.8, 4) is 5.75 Å². The van der Waals surface area contributed by atoms with E-state index in [1.165, 1.54) is 0 Å². The zero-order chi connectivity index (χ0) is 14.3. The molecule has 5 heteroatoms. The van der Waals surface area contributed by atoms with Crippen LogP contribution >= 0.6 is 11.6 Å². The van der Waals surface area contributed by atoms with Crippen LogP contribution in [0.2, 0.25) is 5.02 Å². The smallest absolute Gasteiger partial charge is 0.261 e. The molecular weight excluding hydrogens is 266 g/mol. The molecule has 0 fully saturated rings. The number of nitrogens with one attached hydrogen (secondary N) is 1. The predicted octanol–water partition coefficient (Wildman–Crippen LogP) is 2.38. The number of hydrogen-bond acceptors (Lipinski definition) is 3. The number of carbonyl (C=O) groups excluding carboxylic acids is 1. The van der Waals surface area contributed by atoms with Gasteiger partial charge in [0.2, 0.25) is 0 Å². The van der Waals surface area contributed by atoms with E-state index in [9.17, 15) is 4.79 Å². The number of amides is 1. The molecule has 0 spiro atoms. The average molecular weight is 286 g/mol. The highest BCUT2D eigenvalue weighted by Gasteiger charge is 2.20. The van der Waals surface area contributed by atoms with Gasteiger partial charge in [-0.1, -0.05) is 30.7 Å². The first kappa shape index (κ1) is 15.8. The van der Waals surface area contributed by atoms with Crippen LogP contribution < -0.4 is 10.1 Å². The van der Waals surface area contributed by atoms with E-state index in [2.05, 4.69) is 5.32 Å². The third-order valence-corrected chi connectivity index (χ3v) is 3.03. The number of carbonyl (C=O) groups is 1. The topological polar surface area (TPSA) is 58.6 Å². The minimum atomic E-state index is -0.582. The summed E-state index contributed by atoms with van der Waals surface area (Å²) < 4.78 is 5.63. The Morgan fingerprint density at radius 3 is 2.74 bits per heavy atom. The zero-order valence-corrected chi connectivity index (χ0v) is 12.0. The molecule has 0 bridgehead atoms. The van der Waals surface area contributed by atoms with E-state index in [0.29, 0.717) is 23.6 Å². The van der Waals surface area contributed by atoms with Gasteiger partial charge in [0, 0.05) is 12.6 Å². The van der Waals surface area contributed by atoms with Crippen molar-refractivity contribution < 1.29 is 14.6 Å². The standard InChI is InChI=1S/C14H20ClNO3/c1-3-12(14(18)16-10(2)8-9-17)19-13-7-5-4-6-11(13)15/h4-7,10,12,17H,3,8-9H2,1-2H3,(H,16,18).